The monoisotopic (exact) mass is 384 g/mol. The fraction of sp³-hybridized carbons (Fsp3) is 0. The molecule has 1 amide bonds. The SMILES string of the molecule is N#Cc1ccc(NC(=O)c2ccccc2-c2nc(-c3ccc(F)cc3)no2)cc1. The van der Waals surface area contributed by atoms with Gasteiger partial charge in [-0.15, -0.1) is 0 Å². The van der Waals surface area contributed by atoms with Crippen LogP contribution in [0, 0.1) is 17.1 Å². The molecule has 0 spiro atoms. The van der Waals surface area contributed by atoms with Crippen molar-refractivity contribution < 1.29 is 13.7 Å². The molecular weight excluding hydrogens is 371 g/mol. The smallest absolute Gasteiger partial charge is 0.259 e. The molecule has 0 aliphatic heterocycles. The summed E-state index contributed by atoms with van der Waals surface area (Å²) in [6, 6.07) is 21.1. The summed E-state index contributed by atoms with van der Waals surface area (Å²) in [7, 11) is 0. The van der Waals surface area contributed by atoms with Crippen LogP contribution < -0.4 is 5.32 Å². The number of halogens is 1. The summed E-state index contributed by atoms with van der Waals surface area (Å²) >= 11 is 0. The molecule has 0 saturated heterocycles. The van der Waals surface area contributed by atoms with Crippen molar-refractivity contribution >= 4 is 11.6 Å². The van der Waals surface area contributed by atoms with Gasteiger partial charge in [-0.05, 0) is 60.7 Å². The highest BCUT2D eigenvalue weighted by atomic mass is 19.1. The van der Waals surface area contributed by atoms with Gasteiger partial charge in [0.2, 0.25) is 5.82 Å². The van der Waals surface area contributed by atoms with Crippen LogP contribution in [0.3, 0.4) is 0 Å². The molecule has 0 aliphatic rings. The van der Waals surface area contributed by atoms with Gasteiger partial charge >= 0.3 is 0 Å². The van der Waals surface area contributed by atoms with Gasteiger partial charge in [0.1, 0.15) is 5.82 Å². The van der Waals surface area contributed by atoms with Crippen molar-refractivity contribution in [2.24, 2.45) is 0 Å². The lowest BCUT2D eigenvalue weighted by atomic mass is 10.1. The van der Waals surface area contributed by atoms with Crippen LogP contribution in [-0.2, 0) is 0 Å². The molecule has 3 aromatic carbocycles. The van der Waals surface area contributed by atoms with Crippen molar-refractivity contribution in [3.8, 4) is 28.9 Å². The number of rotatable bonds is 4. The molecule has 0 aliphatic carbocycles. The van der Waals surface area contributed by atoms with E-state index < -0.39 is 0 Å². The largest absolute Gasteiger partial charge is 0.334 e. The van der Waals surface area contributed by atoms with Gasteiger partial charge in [0.25, 0.3) is 11.8 Å². The Balaban J connectivity index is 1.62. The predicted molar refractivity (Wildman–Crippen MR) is 104 cm³/mol. The molecule has 1 N–H and O–H groups in total. The summed E-state index contributed by atoms with van der Waals surface area (Å²) in [6.45, 7) is 0. The maximum Gasteiger partial charge on any atom is 0.259 e. The maximum atomic E-state index is 13.1. The Labute approximate surface area is 165 Å². The molecule has 0 fully saturated rings. The van der Waals surface area contributed by atoms with Crippen molar-refractivity contribution in [3.63, 3.8) is 0 Å². The Bertz CT molecular complexity index is 1210. The highest BCUT2D eigenvalue weighted by Gasteiger charge is 2.18. The molecule has 0 unspecified atom stereocenters. The minimum atomic E-state index is -0.359. The van der Waals surface area contributed by atoms with E-state index in [2.05, 4.69) is 15.5 Å². The second-order valence-electron chi connectivity index (χ2n) is 6.12. The molecular formula is C22H13FN4O2. The number of amides is 1. The molecule has 0 atom stereocenters. The van der Waals surface area contributed by atoms with Gasteiger partial charge in [0, 0.05) is 11.3 Å². The van der Waals surface area contributed by atoms with Crippen molar-refractivity contribution in [3.05, 3.63) is 89.7 Å². The van der Waals surface area contributed by atoms with Crippen LogP contribution in [0.25, 0.3) is 22.8 Å². The average molecular weight is 384 g/mol. The van der Waals surface area contributed by atoms with Gasteiger partial charge in [-0.2, -0.15) is 10.2 Å². The Morgan fingerprint density at radius 3 is 2.45 bits per heavy atom. The van der Waals surface area contributed by atoms with Gasteiger partial charge in [-0.25, -0.2) is 4.39 Å². The number of aromatic nitrogens is 2. The van der Waals surface area contributed by atoms with Gasteiger partial charge in [0.15, 0.2) is 0 Å². The molecule has 4 aromatic rings. The Hall–Kier alpha value is -4.31. The summed E-state index contributed by atoms with van der Waals surface area (Å²) in [5.74, 6) is -0.244. The molecule has 7 heteroatoms. The predicted octanol–water partition coefficient (Wildman–Crippen LogP) is 4.67. The van der Waals surface area contributed by atoms with Crippen LogP contribution in [-0.4, -0.2) is 16.0 Å². The van der Waals surface area contributed by atoms with Gasteiger partial charge in [-0.3, -0.25) is 4.79 Å². The van der Waals surface area contributed by atoms with E-state index in [-0.39, 0.29) is 17.6 Å². The zero-order chi connectivity index (χ0) is 20.2. The molecule has 0 saturated carbocycles. The van der Waals surface area contributed by atoms with Crippen LogP contribution in [0.2, 0.25) is 0 Å². The number of hydrogen-bond donors (Lipinski definition) is 1. The average Bonchev–Trinajstić information content (AvgIpc) is 3.25. The highest BCUT2D eigenvalue weighted by molar-refractivity contribution is 6.08. The first kappa shape index (κ1) is 18.1. The zero-order valence-electron chi connectivity index (χ0n) is 15.0. The third-order valence-corrected chi connectivity index (χ3v) is 4.20. The molecule has 4 rings (SSSR count). The van der Waals surface area contributed by atoms with Crippen molar-refractivity contribution in [1.29, 1.82) is 5.26 Å². The molecule has 140 valence electrons. The molecule has 1 aromatic heterocycles. The normalized spacial score (nSPS) is 10.3. The molecule has 0 radical (unpaired) electrons. The lowest BCUT2D eigenvalue weighted by molar-refractivity contribution is 0.102. The first-order valence-electron chi connectivity index (χ1n) is 8.64. The van der Waals surface area contributed by atoms with Crippen LogP contribution in [0.4, 0.5) is 10.1 Å². The summed E-state index contributed by atoms with van der Waals surface area (Å²) in [5.41, 5.74) is 2.48. The number of carbonyl (C=O) groups is 1. The fourth-order valence-electron chi connectivity index (χ4n) is 2.74. The number of nitrogens with zero attached hydrogens (tertiary/aromatic N) is 3. The second-order valence-corrected chi connectivity index (χ2v) is 6.12. The van der Waals surface area contributed by atoms with Crippen LogP contribution in [0.15, 0.2) is 77.3 Å². The third-order valence-electron chi connectivity index (χ3n) is 4.20. The Morgan fingerprint density at radius 1 is 1.00 bits per heavy atom. The van der Waals surface area contributed by atoms with Crippen molar-refractivity contribution in [1.82, 2.24) is 10.1 Å². The van der Waals surface area contributed by atoms with E-state index in [0.717, 1.165) is 0 Å². The standard InChI is InChI=1S/C22H13FN4O2/c23-16-9-7-15(8-10-16)20-26-22(29-27-20)19-4-2-1-3-18(19)21(28)25-17-11-5-14(13-24)6-12-17/h1-12H,(H,25,28). The minimum Gasteiger partial charge on any atom is -0.334 e. The van der Waals surface area contributed by atoms with E-state index in [9.17, 15) is 9.18 Å². The number of hydrogen-bond acceptors (Lipinski definition) is 5. The van der Waals surface area contributed by atoms with Gasteiger partial charge in [0.05, 0.1) is 22.8 Å². The number of anilines is 1. The van der Waals surface area contributed by atoms with Crippen LogP contribution in [0.5, 0.6) is 0 Å². The van der Waals surface area contributed by atoms with Crippen LogP contribution >= 0.6 is 0 Å². The van der Waals surface area contributed by atoms with Crippen molar-refractivity contribution in [2.75, 3.05) is 5.32 Å². The molecule has 1 heterocycles. The van der Waals surface area contributed by atoms with E-state index in [4.69, 9.17) is 9.78 Å². The quantitative estimate of drug-likeness (QED) is 0.552. The molecule has 6 nitrogen and oxygen atoms in total. The number of nitriles is 1. The lowest BCUT2D eigenvalue weighted by Gasteiger charge is -2.08. The second kappa shape index (κ2) is 7.74. The number of benzene rings is 3. The third kappa shape index (κ3) is 3.87. The first-order valence-corrected chi connectivity index (χ1v) is 8.64. The first-order chi connectivity index (χ1) is 14.1. The van der Waals surface area contributed by atoms with E-state index in [0.29, 0.717) is 33.8 Å². The fourth-order valence-corrected chi connectivity index (χ4v) is 2.74. The summed E-state index contributed by atoms with van der Waals surface area (Å²) in [5, 5.41) is 15.6. The lowest BCUT2D eigenvalue weighted by Crippen LogP contribution is -2.13. The molecule has 0 bridgehead atoms. The Morgan fingerprint density at radius 2 is 1.72 bits per heavy atom. The summed E-state index contributed by atoms with van der Waals surface area (Å²) in [6.07, 6.45) is 0. The zero-order valence-corrected chi connectivity index (χ0v) is 15.0. The minimum absolute atomic E-state index is 0.176. The number of nitrogens with one attached hydrogen (secondary N) is 1. The van der Waals surface area contributed by atoms with Crippen molar-refractivity contribution in [2.45, 2.75) is 0 Å². The van der Waals surface area contributed by atoms with E-state index >= 15 is 0 Å². The van der Waals surface area contributed by atoms with E-state index in [1.54, 1.807) is 60.7 Å². The van der Waals surface area contributed by atoms with E-state index in [1.165, 1.54) is 12.1 Å². The maximum absolute atomic E-state index is 13.1. The highest BCUT2D eigenvalue weighted by Crippen LogP contribution is 2.26. The number of carbonyl (C=O) groups excluding carboxylic acids is 1. The van der Waals surface area contributed by atoms with Crippen LogP contribution in [0.1, 0.15) is 15.9 Å². The topological polar surface area (TPSA) is 91.8 Å². The van der Waals surface area contributed by atoms with E-state index in [1.807, 2.05) is 6.07 Å². The summed E-state index contributed by atoms with van der Waals surface area (Å²) < 4.78 is 18.4. The summed E-state index contributed by atoms with van der Waals surface area (Å²) in [4.78, 5) is 17.1. The van der Waals surface area contributed by atoms with Gasteiger partial charge in [-0.1, -0.05) is 17.3 Å². The van der Waals surface area contributed by atoms with Gasteiger partial charge < -0.3 is 9.84 Å². The molecule has 29 heavy (non-hydrogen) atoms. The Kier molecular flexibility index (Phi) is 4.82.